The Morgan fingerprint density at radius 2 is 2.24 bits per heavy atom. The highest BCUT2D eigenvalue weighted by Crippen LogP contribution is 2.08. The van der Waals surface area contributed by atoms with Crippen LogP contribution in [0.15, 0.2) is 0 Å². The lowest BCUT2D eigenvalue weighted by atomic mass is 10.1. The highest BCUT2D eigenvalue weighted by Gasteiger charge is 2.26. The topological polar surface area (TPSA) is 70.2 Å². The van der Waals surface area contributed by atoms with Gasteiger partial charge in [0.05, 0.1) is 0 Å². The fourth-order valence-corrected chi connectivity index (χ4v) is 2.31. The number of carbonyl (C=O) groups excluding carboxylic acids is 2. The Labute approximate surface area is 108 Å². The predicted octanol–water partition coefficient (Wildman–Crippen LogP) is -0.0549. The van der Waals surface area contributed by atoms with Crippen LogP contribution in [0.25, 0.3) is 0 Å². The summed E-state index contributed by atoms with van der Waals surface area (Å²) in [7, 11) is 0. The van der Waals surface area contributed by atoms with Crippen LogP contribution in [0.1, 0.15) is 32.1 Å². The predicted molar refractivity (Wildman–Crippen MR) is 67.1 cm³/mol. The van der Waals surface area contributed by atoms with Crippen molar-refractivity contribution in [3.63, 3.8) is 0 Å². The highest BCUT2D eigenvalue weighted by atomic mass is 35.5. The molecule has 2 aliphatic heterocycles. The number of rotatable bonds is 4. The molecule has 6 heteroatoms. The molecule has 0 aliphatic carbocycles. The van der Waals surface area contributed by atoms with Crippen molar-refractivity contribution in [3.8, 4) is 0 Å². The molecule has 5 nitrogen and oxygen atoms in total. The van der Waals surface area contributed by atoms with E-state index in [1.807, 2.05) is 0 Å². The van der Waals surface area contributed by atoms with Gasteiger partial charge in [0.25, 0.3) is 0 Å². The first-order chi connectivity index (χ1) is 7.75. The normalized spacial score (nSPS) is 27.4. The Bertz CT molecular complexity index is 280. The molecule has 1 unspecified atom stereocenters. The second kappa shape index (κ2) is 6.81. The van der Waals surface area contributed by atoms with Crippen molar-refractivity contribution in [2.75, 3.05) is 13.1 Å². The fraction of sp³-hybridized carbons (Fsp3) is 0.818. The van der Waals surface area contributed by atoms with Crippen LogP contribution in [-0.4, -0.2) is 37.0 Å². The minimum Gasteiger partial charge on any atom is -0.354 e. The van der Waals surface area contributed by atoms with Crippen molar-refractivity contribution in [2.24, 2.45) is 0 Å². The molecule has 0 aromatic carbocycles. The number of nitrogens with one attached hydrogen (secondary N) is 3. The van der Waals surface area contributed by atoms with Gasteiger partial charge in [-0.05, 0) is 32.2 Å². The van der Waals surface area contributed by atoms with E-state index in [0.29, 0.717) is 25.4 Å². The third-order valence-corrected chi connectivity index (χ3v) is 3.27. The van der Waals surface area contributed by atoms with Gasteiger partial charge in [0, 0.05) is 19.0 Å². The minimum absolute atomic E-state index is 0. The second-order valence-corrected chi connectivity index (χ2v) is 4.53. The van der Waals surface area contributed by atoms with Gasteiger partial charge in [-0.2, -0.15) is 0 Å². The van der Waals surface area contributed by atoms with Gasteiger partial charge in [0.2, 0.25) is 11.8 Å². The van der Waals surface area contributed by atoms with E-state index < -0.39 is 0 Å². The Morgan fingerprint density at radius 1 is 1.41 bits per heavy atom. The Hall–Kier alpha value is -0.810. The zero-order chi connectivity index (χ0) is 11.4. The van der Waals surface area contributed by atoms with Gasteiger partial charge < -0.3 is 16.0 Å². The summed E-state index contributed by atoms with van der Waals surface area (Å²) in [6.45, 7) is 1.79. The highest BCUT2D eigenvalue weighted by molar-refractivity contribution is 5.90. The molecule has 2 saturated heterocycles. The lowest BCUT2D eigenvalue weighted by molar-refractivity contribution is -0.125. The summed E-state index contributed by atoms with van der Waals surface area (Å²) in [6.07, 6.45) is 4.52. The van der Waals surface area contributed by atoms with Gasteiger partial charge in [0.1, 0.15) is 6.04 Å². The van der Waals surface area contributed by atoms with Gasteiger partial charge in [-0.3, -0.25) is 9.59 Å². The zero-order valence-electron chi connectivity index (χ0n) is 9.83. The van der Waals surface area contributed by atoms with Crippen LogP contribution >= 0.6 is 12.4 Å². The SMILES string of the molecule is Cl.O=C1CCC(C(=O)NCC[C@H]2CCCN2)N1. The average molecular weight is 262 g/mol. The summed E-state index contributed by atoms with van der Waals surface area (Å²) in [5.41, 5.74) is 0. The van der Waals surface area contributed by atoms with Crippen LogP contribution in [0.3, 0.4) is 0 Å². The summed E-state index contributed by atoms with van der Waals surface area (Å²) < 4.78 is 0. The summed E-state index contributed by atoms with van der Waals surface area (Å²) in [5.74, 6) is -0.0542. The second-order valence-electron chi connectivity index (χ2n) is 4.53. The molecule has 0 bridgehead atoms. The van der Waals surface area contributed by atoms with Gasteiger partial charge >= 0.3 is 0 Å². The van der Waals surface area contributed by atoms with E-state index in [-0.39, 0.29) is 30.3 Å². The van der Waals surface area contributed by atoms with E-state index >= 15 is 0 Å². The van der Waals surface area contributed by atoms with Crippen molar-refractivity contribution in [3.05, 3.63) is 0 Å². The van der Waals surface area contributed by atoms with E-state index in [4.69, 9.17) is 0 Å². The van der Waals surface area contributed by atoms with Crippen LogP contribution in [0.4, 0.5) is 0 Å². The molecule has 0 spiro atoms. The average Bonchev–Trinajstić information content (AvgIpc) is 2.89. The first kappa shape index (κ1) is 14.3. The minimum atomic E-state index is -0.302. The van der Waals surface area contributed by atoms with Crippen LogP contribution in [-0.2, 0) is 9.59 Å². The van der Waals surface area contributed by atoms with E-state index in [9.17, 15) is 9.59 Å². The lowest BCUT2D eigenvalue weighted by Crippen LogP contribution is -2.42. The summed E-state index contributed by atoms with van der Waals surface area (Å²) in [5, 5.41) is 8.93. The van der Waals surface area contributed by atoms with E-state index in [1.54, 1.807) is 0 Å². The molecule has 2 amide bonds. The molecule has 2 aliphatic rings. The molecule has 0 saturated carbocycles. The van der Waals surface area contributed by atoms with Gasteiger partial charge in [0.15, 0.2) is 0 Å². The maximum atomic E-state index is 11.6. The summed E-state index contributed by atoms with van der Waals surface area (Å²) in [4.78, 5) is 22.6. The van der Waals surface area contributed by atoms with Crippen LogP contribution in [0.2, 0.25) is 0 Å². The molecule has 98 valence electrons. The van der Waals surface area contributed by atoms with E-state index in [2.05, 4.69) is 16.0 Å². The molecular weight excluding hydrogens is 242 g/mol. The van der Waals surface area contributed by atoms with Crippen molar-refractivity contribution >= 4 is 24.2 Å². The largest absolute Gasteiger partial charge is 0.354 e. The van der Waals surface area contributed by atoms with Crippen LogP contribution < -0.4 is 16.0 Å². The Balaban J connectivity index is 0.00000144. The van der Waals surface area contributed by atoms with Crippen molar-refractivity contribution in [1.82, 2.24) is 16.0 Å². The lowest BCUT2D eigenvalue weighted by Gasteiger charge is -2.13. The number of halogens is 1. The molecule has 2 fully saturated rings. The Kier molecular flexibility index (Phi) is 5.71. The zero-order valence-corrected chi connectivity index (χ0v) is 10.6. The van der Waals surface area contributed by atoms with Crippen LogP contribution in [0.5, 0.6) is 0 Å². The summed E-state index contributed by atoms with van der Waals surface area (Å²) in [6, 6.07) is 0.252. The molecule has 0 aromatic rings. The quantitative estimate of drug-likeness (QED) is 0.664. The van der Waals surface area contributed by atoms with E-state index in [1.165, 1.54) is 12.8 Å². The third-order valence-electron chi connectivity index (χ3n) is 3.27. The summed E-state index contributed by atoms with van der Waals surface area (Å²) >= 11 is 0. The molecule has 0 aromatic heterocycles. The van der Waals surface area contributed by atoms with Crippen molar-refractivity contribution in [2.45, 2.75) is 44.2 Å². The van der Waals surface area contributed by atoms with Gasteiger partial charge in [-0.15, -0.1) is 12.4 Å². The molecule has 3 N–H and O–H groups in total. The third kappa shape index (κ3) is 4.16. The van der Waals surface area contributed by atoms with E-state index in [0.717, 1.165) is 13.0 Å². The molecule has 17 heavy (non-hydrogen) atoms. The maximum absolute atomic E-state index is 11.6. The number of carbonyl (C=O) groups is 2. The first-order valence-corrected chi connectivity index (χ1v) is 6.06. The monoisotopic (exact) mass is 261 g/mol. The number of amides is 2. The van der Waals surface area contributed by atoms with Gasteiger partial charge in [-0.1, -0.05) is 0 Å². The molecule has 2 rings (SSSR count). The van der Waals surface area contributed by atoms with Crippen molar-refractivity contribution in [1.29, 1.82) is 0 Å². The van der Waals surface area contributed by atoms with Crippen LogP contribution in [0, 0.1) is 0 Å². The maximum Gasteiger partial charge on any atom is 0.242 e. The molecular formula is C11H20ClN3O2. The Morgan fingerprint density at radius 3 is 2.82 bits per heavy atom. The standard InChI is InChI=1S/C11H19N3O2.ClH/c15-10-4-3-9(14-10)11(16)13-7-5-8-2-1-6-12-8;/h8-9,12H,1-7H2,(H,13,16)(H,14,15);1H/t8-,9?;/m1./s1. The van der Waals surface area contributed by atoms with Gasteiger partial charge in [-0.25, -0.2) is 0 Å². The fourth-order valence-electron chi connectivity index (χ4n) is 2.31. The number of hydrogen-bond donors (Lipinski definition) is 3. The van der Waals surface area contributed by atoms with Crippen molar-refractivity contribution < 1.29 is 9.59 Å². The smallest absolute Gasteiger partial charge is 0.242 e. The molecule has 2 heterocycles. The molecule has 2 atom stereocenters. The molecule has 0 radical (unpaired) electrons. The first-order valence-electron chi connectivity index (χ1n) is 6.06. The number of hydrogen-bond acceptors (Lipinski definition) is 3.